The van der Waals surface area contributed by atoms with E-state index in [-0.39, 0.29) is 5.91 Å². The summed E-state index contributed by atoms with van der Waals surface area (Å²) in [4.78, 5) is 12.6. The van der Waals surface area contributed by atoms with E-state index in [1.165, 1.54) is 0 Å². The monoisotopic (exact) mass is 339 g/mol. The zero-order valence-electron chi connectivity index (χ0n) is 14.8. The van der Waals surface area contributed by atoms with Crippen molar-refractivity contribution in [2.45, 2.75) is 38.9 Å². The second-order valence-corrected chi connectivity index (χ2v) is 6.57. The van der Waals surface area contributed by atoms with Gasteiger partial charge in [0.05, 0.1) is 0 Å². The maximum atomic E-state index is 12.6. The van der Waals surface area contributed by atoms with E-state index in [1.54, 1.807) is 0 Å². The van der Waals surface area contributed by atoms with Gasteiger partial charge < -0.3 is 14.8 Å². The molecule has 0 saturated heterocycles. The molecular formula is C21H25NO3. The van der Waals surface area contributed by atoms with Gasteiger partial charge >= 0.3 is 0 Å². The number of ether oxygens (including phenoxy) is 2. The lowest BCUT2D eigenvalue weighted by atomic mass is 9.99. The molecule has 4 heteroatoms. The summed E-state index contributed by atoms with van der Waals surface area (Å²) in [5, 5.41) is 2.97. The molecule has 4 nitrogen and oxygen atoms in total. The fourth-order valence-electron chi connectivity index (χ4n) is 2.93. The van der Waals surface area contributed by atoms with Gasteiger partial charge in [-0.2, -0.15) is 0 Å². The van der Waals surface area contributed by atoms with E-state index in [2.05, 4.69) is 5.32 Å². The molecule has 1 aliphatic carbocycles. The van der Waals surface area contributed by atoms with Crippen LogP contribution < -0.4 is 10.1 Å². The molecule has 1 atom stereocenters. The highest BCUT2D eigenvalue weighted by molar-refractivity contribution is 5.97. The number of rotatable bonds is 8. The number of hydrogen-bond donors (Lipinski definition) is 1. The fourth-order valence-corrected chi connectivity index (χ4v) is 2.93. The molecule has 0 aliphatic heterocycles. The van der Waals surface area contributed by atoms with Crippen molar-refractivity contribution >= 4 is 11.6 Å². The van der Waals surface area contributed by atoms with Crippen LogP contribution in [0.4, 0.5) is 5.69 Å². The molecule has 0 spiro atoms. The minimum Gasteiger partial charge on any atom is -0.489 e. The highest BCUT2D eigenvalue weighted by Crippen LogP contribution is 2.42. The van der Waals surface area contributed by atoms with Crippen LogP contribution in [-0.4, -0.2) is 18.1 Å². The predicted octanol–water partition coefficient (Wildman–Crippen LogP) is 4.41. The smallest absolute Gasteiger partial charge is 0.256 e. The fraction of sp³-hybridized carbons (Fsp3) is 0.381. The average molecular weight is 339 g/mol. The average Bonchev–Trinajstić information content (AvgIpc) is 3.48. The Labute approximate surface area is 149 Å². The molecule has 2 aromatic carbocycles. The van der Waals surface area contributed by atoms with E-state index in [4.69, 9.17) is 9.47 Å². The Balaban J connectivity index is 1.57. The highest BCUT2D eigenvalue weighted by atomic mass is 16.5. The third-order valence-electron chi connectivity index (χ3n) is 4.61. The minimum atomic E-state index is -0.739. The molecular weight excluding hydrogens is 314 g/mol. The van der Waals surface area contributed by atoms with Crippen molar-refractivity contribution < 1.29 is 14.3 Å². The molecule has 25 heavy (non-hydrogen) atoms. The van der Waals surface area contributed by atoms with Crippen molar-refractivity contribution in [3.05, 3.63) is 60.2 Å². The zero-order valence-corrected chi connectivity index (χ0v) is 14.8. The van der Waals surface area contributed by atoms with Crippen molar-refractivity contribution in [2.75, 3.05) is 11.9 Å². The number of amides is 1. The first kappa shape index (κ1) is 17.5. The molecule has 3 rings (SSSR count). The van der Waals surface area contributed by atoms with Crippen LogP contribution in [0.25, 0.3) is 0 Å². The van der Waals surface area contributed by atoms with Crippen LogP contribution in [0.1, 0.15) is 32.3 Å². The topological polar surface area (TPSA) is 47.6 Å². The van der Waals surface area contributed by atoms with Crippen LogP contribution in [0.5, 0.6) is 5.75 Å². The highest BCUT2D eigenvalue weighted by Gasteiger charge is 2.48. The van der Waals surface area contributed by atoms with Crippen molar-refractivity contribution in [2.24, 2.45) is 5.92 Å². The summed E-state index contributed by atoms with van der Waals surface area (Å²) in [6.07, 6.45) is 2.10. The molecule has 132 valence electrons. The maximum Gasteiger partial charge on any atom is 0.256 e. The van der Waals surface area contributed by atoms with Crippen molar-refractivity contribution in [3.63, 3.8) is 0 Å². The van der Waals surface area contributed by atoms with E-state index in [9.17, 15) is 4.79 Å². The maximum absolute atomic E-state index is 12.6. The first-order valence-electron chi connectivity index (χ1n) is 8.84. The van der Waals surface area contributed by atoms with Crippen LogP contribution in [0.3, 0.4) is 0 Å². The number of carbonyl (C=O) groups excluding carboxylic acids is 1. The summed E-state index contributed by atoms with van der Waals surface area (Å²) in [5.74, 6) is 1.02. The van der Waals surface area contributed by atoms with E-state index in [0.717, 1.165) is 29.8 Å². The standard InChI is InChI=1S/C21H25NO3/c1-3-25-21(2,17-9-10-17)20(23)22-18-11-13-19(14-12-18)24-15-16-7-5-4-6-8-16/h4-8,11-14,17H,3,9-10,15H2,1-2H3,(H,22,23). The molecule has 1 saturated carbocycles. The quantitative estimate of drug-likeness (QED) is 0.775. The molecule has 0 bridgehead atoms. The summed E-state index contributed by atoms with van der Waals surface area (Å²) in [7, 11) is 0. The van der Waals surface area contributed by atoms with E-state index >= 15 is 0 Å². The lowest BCUT2D eigenvalue weighted by Crippen LogP contribution is -2.44. The molecule has 1 unspecified atom stereocenters. The zero-order chi connectivity index (χ0) is 17.7. The largest absolute Gasteiger partial charge is 0.489 e. The SMILES string of the molecule is CCOC(C)(C(=O)Nc1ccc(OCc2ccccc2)cc1)C1CC1. The summed E-state index contributed by atoms with van der Waals surface area (Å²) < 4.78 is 11.5. The van der Waals surface area contributed by atoms with Gasteiger partial charge in [-0.25, -0.2) is 0 Å². The summed E-state index contributed by atoms with van der Waals surface area (Å²) in [5.41, 5.74) is 1.14. The van der Waals surface area contributed by atoms with Gasteiger partial charge in [-0.1, -0.05) is 30.3 Å². The van der Waals surface area contributed by atoms with E-state index in [0.29, 0.717) is 19.1 Å². The van der Waals surface area contributed by atoms with Crippen molar-refractivity contribution in [1.29, 1.82) is 0 Å². The van der Waals surface area contributed by atoms with Crippen molar-refractivity contribution in [1.82, 2.24) is 0 Å². The third kappa shape index (κ3) is 4.40. The number of carbonyl (C=O) groups is 1. The van der Waals surface area contributed by atoms with Gasteiger partial charge in [0, 0.05) is 12.3 Å². The summed E-state index contributed by atoms with van der Waals surface area (Å²) in [6, 6.07) is 17.5. The van der Waals surface area contributed by atoms with Crippen LogP contribution in [0, 0.1) is 5.92 Å². The Kier molecular flexibility index (Phi) is 5.39. The normalized spacial score (nSPS) is 16.1. The number of nitrogens with one attached hydrogen (secondary N) is 1. The summed E-state index contributed by atoms with van der Waals surface area (Å²) >= 11 is 0. The minimum absolute atomic E-state index is 0.0743. The number of benzene rings is 2. The van der Waals surface area contributed by atoms with E-state index in [1.807, 2.05) is 68.4 Å². The Morgan fingerprint density at radius 3 is 2.40 bits per heavy atom. The van der Waals surface area contributed by atoms with Crippen LogP contribution in [0.2, 0.25) is 0 Å². The molecule has 1 fully saturated rings. The second kappa shape index (κ2) is 7.70. The Hall–Kier alpha value is -2.33. The molecule has 1 aliphatic rings. The van der Waals surface area contributed by atoms with Crippen LogP contribution in [0.15, 0.2) is 54.6 Å². The van der Waals surface area contributed by atoms with Gasteiger partial charge in [-0.15, -0.1) is 0 Å². The molecule has 2 aromatic rings. The van der Waals surface area contributed by atoms with Gasteiger partial charge in [0.25, 0.3) is 5.91 Å². The van der Waals surface area contributed by atoms with Gasteiger partial charge in [0.15, 0.2) is 0 Å². The van der Waals surface area contributed by atoms with Gasteiger partial charge in [0.2, 0.25) is 0 Å². The van der Waals surface area contributed by atoms with Gasteiger partial charge in [-0.3, -0.25) is 4.79 Å². The molecule has 0 radical (unpaired) electrons. The van der Waals surface area contributed by atoms with Gasteiger partial charge in [-0.05, 0) is 62.4 Å². The Morgan fingerprint density at radius 1 is 1.12 bits per heavy atom. The van der Waals surface area contributed by atoms with Crippen molar-refractivity contribution in [3.8, 4) is 5.75 Å². The van der Waals surface area contributed by atoms with E-state index < -0.39 is 5.60 Å². The molecule has 1 amide bonds. The molecule has 0 aromatic heterocycles. The Bertz CT molecular complexity index is 695. The number of anilines is 1. The predicted molar refractivity (Wildman–Crippen MR) is 98.6 cm³/mol. The lowest BCUT2D eigenvalue weighted by molar-refractivity contribution is -0.141. The third-order valence-corrected chi connectivity index (χ3v) is 4.61. The second-order valence-electron chi connectivity index (χ2n) is 6.57. The molecule has 0 heterocycles. The van der Waals surface area contributed by atoms with Crippen LogP contribution >= 0.6 is 0 Å². The Morgan fingerprint density at radius 2 is 1.80 bits per heavy atom. The summed E-state index contributed by atoms with van der Waals surface area (Å²) in [6.45, 7) is 4.87. The van der Waals surface area contributed by atoms with Crippen LogP contribution in [-0.2, 0) is 16.1 Å². The first-order valence-corrected chi connectivity index (χ1v) is 8.84. The van der Waals surface area contributed by atoms with Gasteiger partial charge in [0.1, 0.15) is 18.0 Å². The molecule has 1 N–H and O–H groups in total. The lowest BCUT2D eigenvalue weighted by Gasteiger charge is -2.28. The first-order chi connectivity index (χ1) is 12.1. The number of hydrogen-bond acceptors (Lipinski definition) is 3.